The molecule has 0 saturated heterocycles. The first-order valence-electron chi connectivity index (χ1n) is 9.77. The van der Waals surface area contributed by atoms with Crippen LogP contribution in [0.25, 0.3) is 55.5 Å². The van der Waals surface area contributed by atoms with Crippen molar-refractivity contribution in [3.63, 3.8) is 0 Å². The van der Waals surface area contributed by atoms with Crippen LogP contribution in [0, 0.1) is 0 Å². The molecule has 7 aromatic rings. The third-order valence-corrected chi connectivity index (χ3v) is 6.02. The summed E-state index contributed by atoms with van der Waals surface area (Å²) in [6, 6.07) is 28.7. The monoisotopic (exact) mass is 407 g/mol. The van der Waals surface area contributed by atoms with Crippen LogP contribution in [0.5, 0.6) is 0 Å². The van der Waals surface area contributed by atoms with Gasteiger partial charge in [0.1, 0.15) is 11.2 Å². The largest absolute Gasteiger partial charge is 0.456 e. The Kier molecular flexibility index (Phi) is 3.03. The molecule has 3 aromatic heterocycles. The van der Waals surface area contributed by atoms with Crippen molar-refractivity contribution < 1.29 is 4.42 Å². The molecule has 4 nitrogen and oxygen atoms in total. The zero-order valence-electron chi connectivity index (χ0n) is 15.7. The van der Waals surface area contributed by atoms with Gasteiger partial charge >= 0.3 is 0 Å². The Balaban J connectivity index is 1.64. The minimum atomic E-state index is 0.686. The van der Waals surface area contributed by atoms with E-state index < -0.39 is 0 Å². The smallest absolute Gasteiger partial charge is 0.220 e. The van der Waals surface area contributed by atoms with E-state index in [9.17, 15) is 0 Å². The molecule has 0 atom stereocenters. The van der Waals surface area contributed by atoms with E-state index >= 15 is 0 Å². The highest BCUT2D eigenvalue weighted by Gasteiger charge is 2.18. The van der Waals surface area contributed by atoms with E-state index in [1.807, 2.05) is 42.5 Å². The van der Waals surface area contributed by atoms with Crippen LogP contribution in [0.15, 0.2) is 89.3 Å². The van der Waals surface area contributed by atoms with Gasteiger partial charge in [-0.05, 0) is 54.6 Å². The Morgan fingerprint density at radius 3 is 2.43 bits per heavy atom. The lowest BCUT2D eigenvalue weighted by atomic mass is 10.1. The average molecular weight is 408 g/mol. The van der Waals surface area contributed by atoms with Gasteiger partial charge in [0.25, 0.3) is 0 Å². The lowest BCUT2D eigenvalue weighted by Gasteiger charge is -2.05. The predicted octanol–water partition coefficient (Wildman–Crippen LogP) is 6.98. The van der Waals surface area contributed by atoms with E-state index in [1.54, 1.807) is 0 Å². The van der Waals surface area contributed by atoms with Crippen LogP contribution in [-0.4, -0.2) is 14.0 Å². The zero-order valence-corrected chi connectivity index (χ0v) is 16.5. The quantitative estimate of drug-likeness (QED) is 0.294. The van der Waals surface area contributed by atoms with E-state index in [4.69, 9.17) is 21.0 Å². The van der Waals surface area contributed by atoms with Gasteiger partial charge in [-0.1, -0.05) is 41.9 Å². The van der Waals surface area contributed by atoms with Crippen molar-refractivity contribution in [2.75, 3.05) is 0 Å². The molecule has 0 spiro atoms. The molecule has 0 aliphatic carbocycles. The van der Waals surface area contributed by atoms with Crippen LogP contribution < -0.4 is 0 Å². The maximum atomic E-state index is 6.23. The van der Waals surface area contributed by atoms with Gasteiger partial charge in [0, 0.05) is 15.8 Å². The highest BCUT2D eigenvalue weighted by molar-refractivity contribution is 6.31. The zero-order chi connectivity index (χ0) is 19.8. The number of rotatable bonds is 1. The second-order valence-corrected chi connectivity index (χ2v) is 7.92. The van der Waals surface area contributed by atoms with Gasteiger partial charge in [-0.2, -0.15) is 0 Å². The SMILES string of the molecule is Clc1ccc2c(c1)nc1n(-c3ccc4oc5ccccc5c4c3)c3ccccc3n21. The minimum absolute atomic E-state index is 0.686. The summed E-state index contributed by atoms with van der Waals surface area (Å²) >= 11 is 6.23. The Bertz CT molecular complexity index is 1770. The number of furan rings is 1. The second kappa shape index (κ2) is 5.65. The summed E-state index contributed by atoms with van der Waals surface area (Å²) in [4.78, 5) is 4.94. The standard InChI is InChI=1S/C25H14ClN3O/c26-15-9-11-20-19(13-15)27-25-28(21-6-2-3-7-22(21)29(20)25)16-10-12-24-18(14-16)17-5-1-4-8-23(17)30-24/h1-14H. The average Bonchev–Trinajstić information content (AvgIpc) is 3.41. The predicted molar refractivity (Wildman–Crippen MR) is 122 cm³/mol. The maximum Gasteiger partial charge on any atom is 0.220 e. The molecule has 0 radical (unpaired) electrons. The third kappa shape index (κ3) is 2.03. The van der Waals surface area contributed by atoms with Gasteiger partial charge < -0.3 is 4.42 Å². The molecule has 0 saturated carbocycles. The molecular weight excluding hydrogens is 394 g/mol. The Hall–Kier alpha value is -3.76. The number of hydrogen-bond acceptors (Lipinski definition) is 2. The van der Waals surface area contributed by atoms with Crippen LogP contribution in [0.2, 0.25) is 5.02 Å². The fourth-order valence-electron chi connectivity index (χ4n) is 4.49. The summed E-state index contributed by atoms with van der Waals surface area (Å²) in [5.41, 5.74) is 6.95. The number of fused-ring (bicyclic) bond motifs is 8. The number of halogens is 1. The second-order valence-electron chi connectivity index (χ2n) is 7.48. The molecule has 0 amide bonds. The number of aromatic nitrogens is 3. The van der Waals surface area contributed by atoms with Gasteiger partial charge in [-0.3, -0.25) is 8.97 Å². The first kappa shape index (κ1) is 16.1. The van der Waals surface area contributed by atoms with Gasteiger partial charge in [0.15, 0.2) is 0 Å². The Morgan fingerprint density at radius 1 is 0.700 bits per heavy atom. The van der Waals surface area contributed by atoms with E-state index in [0.29, 0.717) is 5.02 Å². The van der Waals surface area contributed by atoms with Crippen molar-refractivity contribution in [1.29, 1.82) is 0 Å². The molecule has 0 fully saturated rings. The molecule has 30 heavy (non-hydrogen) atoms. The van der Waals surface area contributed by atoms with Gasteiger partial charge in [0.05, 0.1) is 27.8 Å². The molecular formula is C25H14ClN3O. The number of hydrogen-bond donors (Lipinski definition) is 0. The van der Waals surface area contributed by atoms with Crippen molar-refractivity contribution in [2.45, 2.75) is 0 Å². The van der Waals surface area contributed by atoms with Crippen molar-refractivity contribution in [2.24, 2.45) is 0 Å². The number of nitrogens with zero attached hydrogens (tertiary/aromatic N) is 3. The van der Waals surface area contributed by atoms with Crippen LogP contribution in [0.3, 0.4) is 0 Å². The number of imidazole rings is 2. The van der Waals surface area contributed by atoms with E-state index in [0.717, 1.165) is 55.5 Å². The highest BCUT2D eigenvalue weighted by Crippen LogP contribution is 2.34. The lowest BCUT2D eigenvalue weighted by Crippen LogP contribution is -1.94. The molecule has 0 unspecified atom stereocenters. The normalized spacial score (nSPS) is 12.2. The third-order valence-electron chi connectivity index (χ3n) is 5.78. The van der Waals surface area contributed by atoms with Crippen molar-refractivity contribution in [1.82, 2.24) is 14.0 Å². The molecule has 5 heteroatoms. The number of para-hydroxylation sites is 3. The van der Waals surface area contributed by atoms with Gasteiger partial charge in [-0.15, -0.1) is 0 Å². The first-order valence-corrected chi connectivity index (χ1v) is 10.1. The molecule has 7 rings (SSSR count). The van der Waals surface area contributed by atoms with Crippen LogP contribution in [0.4, 0.5) is 0 Å². The summed E-state index contributed by atoms with van der Waals surface area (Å²) in [6.45, 7) is 0. The summed E-state index contributed by atoms with van der Waals surface area (Å²) in [6.07, 6.45) is 0. The molecule has 3 heterocycles. The topological polar surface area (TPSA) is 35.4 Å². The number of benzene rings is 4. The van der Waals surface area contributed by atoms with Crippen molar-refractivity contribution in [3.8, 4) is 5.69 Å². The van der Waals surface area contributed by atoms with E-state index in [1.165, 1.54) is 0 Å². The van der Waals surface area contributed by atoms with Crippen molar-refractivity contribution >= 4 is 61.4 Å². The first-order chi connectivity index (χ1) is 14.8. The summed E-state index contributed by atoms with van der Waals surface area (Å²) in [7, 11) is 0. The van der Waals surface area contributed by atoms with Gasteiger partial charge in [-0.25, -0.2) is 4.98 Å². The maximum absolute atomic E-state index is 6.23. The summed E-state index contributed by atoms with van der Waals surface area (Å²) in [5, 5.41) is 2.89. The van der Waals surface area contributed by atoms with Crippen LogP contribution in [-0.2, 0) is 0 Å². The summed E-state index contributed by atoms with van der Waals surface area (Å²) < 4.78 is 10.4. The molecule has 0 bridgehead atoms. The molecule has 142 valence electrons. The van der Waals surface area contributed by atoms with Crippen LogP contribution >= 0.6 is 11.6 Å². The van der Waals surface area contributed by atoms with E-state index in [-0.39, 0.29) is 0 Å². The van der Waals surface area contributed by atoms with Gasteiger partial charge in [0.2, 0.25) is 5.78 Å². The highest BCUT2D eigenvalue weighted by atomic mass is 35.5. The fraction of sp³-hybridized carbons (Fsp3) is 0. The molecule has 0 aliphatic heterocycles. The molecule has 0 aliphatic rings. The van der Waals surface area contributed by atoms with Crippen molar-refractivity contribution in [3.05, 3.63) is 90.0 Å². The van der Waals surface area contributed by atoms with Crippen LogP contribution in [0.1, 0.15) is 0 Å². The Labute approximate surface area is 175 Å². The lowest BCUT2D eigenvalue weighted by molar-refractivity contribution is 0.669. The Morgan fingerprint density at radius 2 is 1.50 bits per heavy atom. The molecule has 4 aromatic carbocycles. The fourth-order valence-corrected chi connectivity index (χ4v) is 4.65. The molecule has 0 N–H and O–H groups in total. The minimum Gasteiger partial charge on any atom is -0.456 e. The van der Waals surface area contributed by atoms with E-state index in [2.05, 4.69) is 51.4 Å². The summed E-state index contributed by atoms with van der Waals surface area (Å²) in [5.74, 6) is 0.862.